The molecule has 5 atom stereocenters. The van der Waals surface area contributed by atoms with Gasteiger partial charge in [0.05, 0.1) is 40.3 Å². The van der Waals surface area contributed by atoms with Gasteiger partial charge < -0.3 is 24.3 Å². The topological polar surface area (TPSA) is 92.4 Å². The minimum Gasteiger partial charge on any atom is -0.488 e. The summed E-state index contributed by atoms with van der Waals surface area (Å²) in [6.45, 7) is 2.92. The zero-order chi connectivity index (χ0) is 38.3. The van der Waals surface area contributed by atoms with Crippen LogP contribution in [0.2, 0.25) is 10.0 Å². The third-order valence-corrected chi connectivity index (χ3v) is 12.4. The fourth-order valence-corrected chi connectivity index (χ4v) is 9.40. The number of fused-ring (bicyclic) bond motifs is 4. The van der Waals surface area contributed by atoms with Crippen molar-refractivity contribution in [1.29, 1.82) is 5.26 Å². The maximum absolute atomic E-state index is 17.2. The summed E-state index contributed by atoms with van der Waals surface area (Å²) in [4.78, 5) is 20.7. The Labute approximate surface area is 323 Å². The highest BCUT2D eigenvalue weighted by Gasteiger charge is 2.51. The van der Waals surface area contributed by atoms with Gasteiger partial charge in [-0.05, 0) is 74.4 Å². The number of likely N-dealkylation sites (tertiary alicyclic amines) is 1. The molecule has 14 heteroatoms. The van der Waals surface area contributed by atoms with E-state index in [1.54, 1.807) is 24.3 Å². The van der Waals surface area contributed by atoms with Crippen LogP contribution >= 0.6 is 23.2 Å². The molecule has 0 radical (unpaired) electrons. The number of amides is 1. The highest BCUT2D eigenvalue weighted by Crippen LogP contribution is 2.51. The largest absolute Gasteiger partial charge is 0.573 e. The van der Waals surface area contributed by atoms with Gasteiger partial charge in [-0.15, -0.1) is 13.2 Å². The van der Waals surface area contributed by atoms with Crippen LogP contribution in [0.5, 0.6) is 11.5 Å². The van der Waals surface area contributed by atoms with Gasteiger partial charge in [-0.2, -0.15) is 5.26 Å². The highest BCUT2D eigenvalue weighted by atomic mass is 35.5. The number of nitriles is 1. The van der Waals surface area contributed by atoms with Gasteiger partial charge in [-0.25, -0.2) is 9.37 Å². The monoisotopic (exact) mass is 791 g/mol. The second-order valence-corrected chi connectivity index (χ2v) is 15.8. The molecular weight excluding hydrogens is 757 g/mol. The molecule has 55 heavy (non-hydrogen) atoms. The maximum atomic E-state index is 17.2. The van der Waals surface area contributed by atoms with E-state index in [0.29, 0.717) is 34.5 Å². The van der Waals surface area contributed by atoms with Crippen LogP contribution in [0.1, 0.15) is 61.1 Å². The lowest BCUT2D eigenvalue weighted by Crippen LogP contribution is -2.41. The van der Waals surface area contributed by atoms with Gasteiger partial charge in [0, 0.05) is 70.7 Å². The van der Waals surface area contributed by atoms with Crippen LogP contribution in [0.25, 0.3) is 32.9 Å². The summed E-state index contributed by atoms with van der Waals surface area (Å²) in [5, 5.41) is 15.1. The van der Waals surface area contributed by atoms with E-state index >= 15 is 4.39 Å². The molecule has 2 aromatic heterocycles. The molecule has 2 aliphatic carbocycles. The summed E-state index contributed by atoms with van der Waals surface area (Å²) in [5.74, 6) is -0.509. The number of aromatic nitrogens is 2. The SMILES string of the molecule is Cc1nc2c(F)c(-c3cccc(Cl)c3Cl)c(CCC#N)cc2c2c1cc(C1CC(Oc3cccc(OC(F)(F)F)c3)CN1C(=O)C1CC1)n2C1C2CNC1C2. The Morgan fingerprint density at radius 2 is 1.85 bits per heavy atom. The first-order chi connectivity index (χ1) is 26.4. The first-order valence-corrected chi connectivity index (χ1v) is 19.2. The van der Waals surface area contributed by atoms with E-state index in [0.717, 1.165) is 42.4 Å². The molecule has 284 valence electrons. The van der Waals surface area contributed by atoms with Crippen molar-refractivity contribution in [3.63, 3.8) is 0 Å². The number of alkyl halides is 3. The summed E-state index contributed by atoms with van der Waals surface area (Å²) in [6, 6.07) is 16.4. The third-order valence-electron chi connectivity index (χ3n) is 11.6. The molecule has 3 aliphatic heterocycles. The van der Waals surface area contributed by atoms with Crippen LogP contribution in [0.4, 0.5) is 17.6 Å². The molecule has 5 aliphatic rings. The van der Waals surface area contributed by atoms with Crippen LogP contribution in [-0.4, -0.2) is 52.0 Å². The number of nitrogens with zero attached hydrogens (tertiary/aromatic N) is 4. The fourth-order valence-electron chi connectivity index (χ4n) is 9.01. The Morgan fingerprint density at radius 1 is 1.07 bits per heavy atom. The van der Waals surface area contributed by atoms with E-state index in [9.17, 15) is 23.2 Å². The Hall–Kier alpha value is -4.57. The molecule has 2 saturated carbocycles. The second kappa shape index (κ2) is 13.6. The van der Waals surface area contributed by atoms with Crippen molar-refractivity contribution in [2.24, 2.45) is 11.8 Å². The zero-order valence-corrected chi connectivity index (χ0v) is 31.1. The van der Waals surface area contributed by atoms with Crippen LogP contribution in [0, 0.1) is 35.9 Å². The molecule has 3 aromatic carbocycles. The standard InChI is InChI=1S/C41H35Cl2F4N5O3/c1-20-28-17-33(32-16-26(19-51(32)40(53)21-10-11-21)54-24-6-2-7-25(15-24)55-41(45,46)47)52(38-23-14-31(38)49-18-23)39(28)29-13-22(5-4-12-48)34(36(44)37(29)50-20)27-8-3-9-30(42)35(27)43/h2-3,6-9,13,15,17,21,23,26,31-32,38,49H,4-5,10-11,14,16,18-19H2,1H3. The van der Waals surface area contributed by atoms with E-state index < -0.39 is 30.1 Å². The van der Waals surface area contributed by atoms with Gasteiger partial charge in [-0.3, -0.25) is 4.79 Å². The normalized spacial score (nSPS) is 23.3. The number of carbonyl (C=O) groups is 1. The van der Waals surface area contributed by atoms with Crippen molar-refractivity contribution in [3.8, 4) is 28.7 Å². The summed E-state index contributed by atoms with van der Waals surface area (Å²) >= 11 is 13.1. The minimum atomic E-state index is -4.85. The van der Waals surface area contributed by atoms with Gasteiger partial charge in [0.25, 0.3) is 0 Å². The Morgan fingerprint density at radius 3 is 2.56 bits per heavy atom. The van der Waals surface area contributed by atoms with Crippen LogP contribution in [0.3, 0.4) is 0 Å². The van der Waals surface area contributed by atoms with Crippen molar-refractivity contribution in [1.82, 2.24) is 19.8 Å². The van der Waals surface area contributed by atoms with Gasteiger partial charge in [0.1, 0.15) is 23.1 Å². The first-order valence-electron chi connectivity index (χ1n) is 18.4. The Balaban J connectivity index is 1.21. The van der Waals surface area contributed by atoms with E-state index in [2.05, 4.69) is 26.8 Å². The van der Waals surface area contributed by atoms with E-state index in [1.165, 1.54) is 18.2 Å². The first kappa shape index (κ1) is 36.1. The van der Waals surface area contributed by atoms with Gasteiger partial charge in [0.2, 0.25) is 5.91 Å². The lowest BCUT2D eigenvalue weighted by atomic mass is 9.79. The molecule has 1 amide bonds. The maximum Gasteiger partial charge on any atom is 0.573 e. The third kappa shape index (κ3) is 6.34. The van der Waals surface area contributed by atoms with Crippen molar-refractivity contribution in [2.75, 3.05) is 13.1 Å². The molecule has 5 fully saturated rings. The summed E-state index contributed by atoms with van der Waals surface area (Å²) in [5.41, 5.74) is 3.74. The average Bonchev–Trinajstić information content (AvgIpc) is 3.42. The van der Waals surface area contributed by atoms with Crippen LogP contribution in [0.15, 0.2) is 54.6 Å². The fraction of sp³-hybridized carbons (Fsp3) is 0.390. The predicted octanol–water partition coefficient (Wildman–Crippen LogP) is 9.63. The number of nitrogens with one attached hydrogen (secondary N) is 1. The highest BCUT2D eigenvalue weighted by molar-refractivity contribution is 6.43. The number of aryl methyl sites for hydroxylation is 2. The van der Waals surface area contributed by atoms with Crippen molar-refractivity contribution < 1.29 is 31.8 Å². The second-order valence-electron chi connectivity index (χ2n) is 15.1. The molecule has 0 spiro atoms. The molecular formula is C41H35Cl2F4N5O3. The van der Waals surface area contributed by atoms with E-state index in [-0.39, 0.29) is 70.2 Å². The van der Waals surface area contributed by atoms with E-state index in [4.69, 9.17) is 32.9 Å². The quantitative estimate of drug-likeness (QED) is 0.150. The smallest absolute Gasteiger partial charge is 0.488 e. The zero-order valence-electron chi connectivity index (χ0n) is 29.6. The number of hydrogen-bond donors (Lipinski definition) is 1. The molecule has 8 nitrogen and oxygen atoms in total. The van der Waals surface area contributed by atoms with Crippen LogP contribution in [-0.2, 0) is 11.2 Å². The molecule has 10 rings (SSSR count). The molecule has 3 saturated heterocycles. The predicted molar refractivity (Wildman–Crippen MR) is 200 cm³/mol. The minimum absolute atomic E-state index is 0.0179. The number of carbonyl (C=O) groups excluding carboxylic acids is 1. The molecule has 5 unspecified atom stereocenters. The number of pyridine rings is 1. The van der Waals surface area contributed by atoms with Gasteiger partial charge >= 0.3 is 6.36 Å². The average molecular weight is 793 g/mol. The summed E-state index contributed by atoms with van der Waals surface area (Å²) < 4.78 is 69.0. The lowest BCUT2D eigenvalue weighted by Gasteiger charge is -2.39. The van der Waals surface area contributed by atoms with Gasteiger partial charge in [0.15, 0.2) is 5.82 Å². The molecule has 2 bridgehead atoms. The Bertz CT molecular complexity index is 2410. The lowest BCUT2D eigenvalue weighted by molar-refractivity contribution is -0.274. The number of hydrogen-bond acceptors (Lipinski definition) is 6. The number of halogens is 6. The molecule has 1 N–H and O–H groups in total. The molecule has 5 aromatic rings. The van der Waals surface area contributed by atoms with Crippen LogP contribution < -0.4 is 14.8 Å². The summed E-state index contributed by atoms with van der Waals surface area (Å²) in [7, 11) is 0. The number of rotatable bonds is 9. The van der Waals surface area contributed by atoms with E-state index in [1.807, 2.05) is 17.9 Å². The van der Waals surface area contributed by atoms with Crippen molar-refractivity contribution >= 4 is 50.9 Å². The van der Waals surface area contributed by atoms with Gasteiger partial charge in [-0.1, -0.05) is 41.4 Å². The van der Waals surface area contributed by atoms with Crippen molar-refractivity contribution in [3.05, 3.63) is 87.4 Å². The number of ether oxygens (including phenoxy) is 2. The Kier molecular flexibility index (Phi) is 8.90. The summed E-state index contributed by atoms with van der Waals surface area (Å²) in [6.07, 6.45) is -2.00. The number of benzene rings is 3. The van der Waals surface area contributed by atoms with Crippen molar-refractivity contribution in [2.45, 2.75) is 76.0 Å². The molecule has 5 heterocycles.